The molecule has 1 unspecified atom stereocenters. The van der Waals surface area contributed by atoms with Gasteiger partial charge in [-0.25, -0.2) is 8.42 Å². The van der Waals surface area contributed by atoms with E-state index in [2.05, 4.69) is 5.32 Å². The van der Waals surface area contributed by atoms with Crippen LogP contribution in [0.15, 0.2) is 0 Å². The van der Waals surface area contributed by atoms with E-state index in [1.54, 1.807) is 0 Å². The lowest BCUT2D eigenvalue weighted by molar-refractivity contribution is 0.0158. The highest BCUT2D eigenvalue weighted by molar-refractivity contribution is 7.92. The molecule has 0 spiro atoms. The molecule has 0 saturated carbocycles. The molecule has 1 atom stereocenters. The topological polar surface area (TPSA) is 55.4 Å². The van der Waals surface area contributed by atoms with Gasteiger partial charge in [-0.2, -0.15) is 0 Å². The molecule has 0 aromatic heterocycles. The van der Waals surface area contributed by atoms with E-state index in [0.717, 1.165) is 26.0 Å². The first kappa shape index (κ1) is 10.4. The highest BCUT2D eigenvalue weighted by atomic mass is 32.2. The molecule has 0 bridgehead atoms. The molecule has 82 valence electrons. The van der Waals surface area contributed by atoms with Gasteiger partial charge in [0.2, 0.25) is 0 Å². The fourth-order valence-electron chi connectivity index (χ4n) is 1.95. The summed E-state index contributed by atoms with van der Waals surface area (Å²) in [6.07, 6.45) is 3.79. The normalized spacial score (nSPS) is 32.4. The maximum atomic E-state index is 10.9. The highest BCUT2D eigenvalue weighted by Crippen LogP contribution is 2.14. The minimum atomic E-state index is -2.69. The average molecular weight is 219 g/mol. The monoisotopic (exact) mass is 219 g/mol. The number of hydrogen-bond acceptors (Lipinski definition) is 4. The van der Waals surface area contributed by atoms with Crippen LogP contribution in [0.5, 0.6) is 0 Å². The van der Waals surface area contributed by atoms with Crippen LogP contribution in [-0.2, 0) is 14.6 Å². The largest absolute Gasteiger partial charge is 0.377 e. The van der Waals surface area contributed by atoms with E-state index in [4.69, 9.17) is 4.74 Å². The van der Waals surface area contributed by atoms with Crippen LogP contribution in [0.1, 0.15) is 19.3 Å². The molecule has 0 aromatic rings. The summed E-state index contributed by atoms with van der Waals surface area (Å²) in [5.74, 6) is 0.611. The number of ether oxygens (including phenoxy) is 1. The van der Waals surface area contributed by atoms with Gasteiger partial charge in [-0.1, -0.05) is 0 Å². The maximum absolute atomic E-state index is 10.9. The summed E-state index contributed by atoms with van der Waals surface area (Å²) >= 11 is 0. The van der Waals surface area contributed by atoms with E-state index >= 15 is 0 Å². The Kier molecular flexibility index (Phi) is 3.09. The van der Waals surface area contributed by atoms with Crippen molar-refractivity contribution in [3.05, 3.63) is 0 Å². The summed E-state index contributed by atoms with van der Waals surface area (Å²) in [6.45, 7) is 1.66. The van der Waals surface area contributed by atoms with Crippen molar-refractivity contribution in [1.29, 1.82) is 0 Å². The Balaban J connectivity index is 1.63. The van der Waals surface area contributed by atoms with Crippen LogP contribution in [-0.4, -0.2) is 45.2 Å². The first-order valence-electron chi connectivity index (χ1n) is 5.21. The highest BCUT2D eigenvalue weighted by Gasteiger charge is 2.33. The summed E-state index contributed by atoms with van der Waals surface area (Å²) in [4.78, 5) is 0. The molecular weight excluding hydrogens is 202 g/mol. The van der Waals surface area contributed by atoms with E-state index in [-0.39, 0.29) is 6.04 Å². The Labute approximate surface area is 84.9 Å². The van der Waals surface area contributed by atoms with E-state index in [1.807, 2.05) is 0 Å². The molecule has 2 rings (SSSR count). The molecule has 2 heterocycles. The van der Waals surface area contributed by atoms with Crippen molar-refractivity contribution in [2.75, 3.05) is 24.7 Å². The predicted octanol–water partition coefficient (Wildman–Crippen LogP) is -0.0579. The Morgan fingerprint density at radius 2 is 2.07 bits per heavy atom. The third kappa shape index (κ3) is 2.68. The minimum absolute atomic E-state index is 0.172. The second-order valence-electron chi connectivity index (χ2n) is 4.17. The van der Waals surface area contributed by atoms with Crippen molar-refractivity contribution in [2.45, 2.75) is 31.4 Å². The lowest BCUT2D eigenvalue weighted by atomic mass is 10.1. The molecule has 2 saturated heterocycles. The lowest BCUT2D eigenvalue weighted by Crippen LogP contribution is -2.53. The second-order valence-corrected chi connectivity index (χ2v) is 6.32. The lowest BCUT2D eigenvalue weighted by Gasteiger charge is -2.30. The van der Waals surface area contributed by atoms with Gasteiger partial charge in [-0.05, 0) is 19.3 Å². The quantitative estimate of drug-likeness (QED) is 0.722. The van der Waals surface area contributed by atoms with Crippen LogP contribution in [0.4, 0.5) is 0 Å². The van der Waals surface area contributed by atoms with E-state index < -0.39 is 9.84 Å². The van der Waals surface area contributed by atoms with Crippen molar-refractivity contribution >= 4 is 9.84 Å². The summed E-state index contributed by atoms with van der Waals surface area (Å²) in [7, 11) is -2.69. The molecule has 5 heteroatoms. The van der Waals surface area contributed by atoms with Crippen LogP contribution < -0.4 is 5.32 Å². The summed E-state index contributed by atoms with van der Waals surface area (Å²) in [6, 6.07) is 0.172. The van der Waals surface area contributed by atoms with Crippen LogP contribution >= 0.6 is 0 Å². The number of hydrogen-bond donors (Lipinski definition) is 1. The van der Waals surface area contributed by atoms with Gasteiger partial charge >= 0.3 is 0 Å². The smallest absolute Gasteiger partial charge is 0.153 e. The third-order valence-corrected chi connectivity index (χ3v) is 4.64. The van der Waals surface area contributed by atoms with E-state index in [1.165, 1.54) is 6.42 Å². The van der Waals surface area contributed by atoms with Gasteiger partial charge in [0.1, 0.15) is 0 Å². The molecule has 4 nitrogen and oxygen atoms in total. The Morgan fingerprint density at radius 3 is 2.64 bits per heavy atom. The van der Waals surface area contributed by atoms with Crippen LogP contribution in [0.25, 0.3) is 0 Å². The van der Waals surface area contributed by atoms with Gasteiger partial charge in [0.15, 0.2) is 9.84 Å². The fourth-order valence-corrected chi connectivity index (χ4v) is 3.31. The standard InChI is InChI=1S/C9H17NO3S/c11-14(12)6-8(7-14)10-5-9-3-1-2-4-13-9/h8-10H,1-7H2. The molecule has 0 amide bonds. The van der Waals surface area contributed by atoms with E-state index in [0.29, 0.717) is 17.6 Å². The van der Waals surface area contributed by atoms with Crippen LogP contribution in [0.3, 0.4) is 0 Å². The van der Waals surface area contributed by atoms with Gasteiger partial charge in [0.05, 0.1) is 17.6 Å². The molecule has 2 fully saturated rings. The zero-order chi connectivity index (χ0) is 10.0. The molecule has 1 N–H and O–H groups in total. The zero-order valence-corrected chi connectivity index (χ0v) is 9.05. The number of sulfone groups is 1. The second kappa shape index (κ2) is 4.16. The van der Waals surface area contributed by atoms with Crippen LogP contribution in [0.2, 0.25) is 0 Å². The molecule has 0 aliphatic carbocycles. The van der Waals surface area contributed by atoms with Gasteiger partial charge in [0, 0.05) is 19.2 Å². The number of nitrogens with one attached hydrogen (secondary N) is 1. The Hall–Kier alpha value is -0.130. The number of rotatable bonds is 3. The first-order valence-corrected chi connectivity index (χ1v) is 7.03. The Bertz CT molecular complexity index is 270. The molecule has 14 heavy (non-hydrogen) atoms. The summed E-state index contributed by atoms with van der Waals surface area (Å²) in [5.41, 5.74) is 0. The van der Waals surface area contributed by atoms with E-state index in [9.17, 15) is 8.42 Å². The average Bonchev–Trinajstić information content (AvgIpc) is 2.13. The molecule has 0 aromatic carbocycles. The SMILES string of the molecule is O=S1(=O)CC(NCC2CCCCO2)C1. The van der Waals surface area contributed by atoms with Crippen molar-refractivity contribution in [1.82, 2.24) is 5.32 Å². The Morgan fingerprint density at radius 1 is 1.29 bits per heavy atom. The van der Waals surface area contributed by atoms with Crippen molar-refractivity contribution in [3.8, 4) is 0 Å². The summed E-state index contributed by atoms with van der Waals surface area (Å²) < 4.78 is 27.3. The van der Waals surface area contributed by atoms with Gasteiger partial charge in [0.25, 0.3) is 0 Å². The van der Waals surface area contributed by atoms with Gasteiger partial charge in [-0.15, -0.1) is 0 Å². The molecular formula is C9H17NO3S. The van der Waals surface area contributed by atoms with Crippen molar-refractivity contribution in [3.63, 3.8) is 0 Å². The fraction of sp³-hybridized carbons (Fsp3) is 1.00. The van der Waals surface area contributed by atoms with Crippen LogP contribution in [0, 0.1) is 0 Å². The first-order chi connectivity index (χ1) is 6.66. The molecule has 2 aliphatic heterocycles. The zero-order valence-electron chi connectivity index (χ0n) is 8.24. The summed E-state index contributed by atoms with van der Waals surface area (Å²) in [5, 5.41) is 3.24. The minimum Gasteiger partial charge on any atom is -0.377 e. The van der Waals surface area contributed by atoms with Crippen molar-refractivity contribution < 1.29 is 13.2 Å². The van der Waals surface area contributed by atoms with Gasteiger partial charge < -0.3 is 10.1 Å². The third-order valence-electron chi connectivity index (χ3n) is 2.82. The van der Waals surface area contributed by atoms with Crippen molar-refractivity contribution in [2.24, 2.45) is 0 Å². The molecule has 0 radical (unpaired) electrons. The molecule has 2 aliphatic rings. The van der Waals surface area contributed by atoms with Gasteiger partial charge in [-0.3, -0.25) is 0 Å². The predicted molar refractivity (Wildman–Crippen MR) is 54.0 cm³/mol. The maximum Gasteiger partial charge on any atom is 0.153 e.